The summed E-state index contributed by atoms with van der Waals surface area (Å²) >= 11 is 0. The van der Waals surface area contributed by atoms with E-state index in [2.05, 4.69) is 20.8 Å². The molecule has 2 heteroatoms. The third-order valence-electron chi connectivity index (χ3n) is 1.42. The lowest BCUT2D eigenvalue weighted by Gasteiger charge is -2.22. The van der Waals surface area contributed by atoms with E-state index in [0.29, 0.717) is 0 Å². The lowest BCUT2D eigenvalue weighted by atomic mass is 9.85. The number of rotatable bonds is 3. The van der Waals surface area contributed by atoms with Gasteiger partial charge in [0.1, 0.15) is 0 Å². The molecule has 0 unspecified atom stereocenters. The van der Waals surface area contributed by atoms with E-state index in [4.69, 9.17) is 10.2 Å². The summed E-state index contributed by atoms with van der Waals surface area (Å²) in [6.07, 6.45) is 0.875. The van der Waals surface area contributed by atoms with Gasteiger partial charge in [-0.1, -0.05) is 20.8 Å². The van der Waals surface area contributed by atoms with Crippen molar-refractivity contribution in [1.29, 1.82) is 0 Å². The number of hydrogen-bond acceptors (Lipinski definition) is 2. The van der Waals surface area contributed by atoms with Crippen molar-refractivity contribution in [3.05, 3.63) is 0 Å². The van der Waals surface area contributed by atoms with Gasteiger partial charge in [-0.3, -0.25) is 0 Å². The zero-order valence-electron chi connectivity index (χ0n) is 7.09. The molecular formula is C8H18O2. The van der Waals surface area contributed by atoms with Crippen LogP contribution >= 0.6 is 0 Å². The summed E-state index contributed by atoms with van der Waals surface area (Å²) in [6.45, 7) is 6.49. The van der Waals surface area contributed by atoms with Crippen LogP contribution in [-0.4, -0.2) is 23.4 Å². The van der Waals surface area contributed by atoms with Gasteiger partial charge < -0.3 is 10.2 Å². The SMILES string of the molecule is CC(C)(C)CC(CO)CO. The minimum atomic E-state index is 0.0556. The molecule has 0 aromatic rings. The van der Waals surface area contributed by atoms with Gasteiger partial charge in [-0.25, -0.2) is 0 Å². The van der Waals surface area contributed by atoms with E-state index in [0.717, 1.165) is 6.42 Å². The number of hydrogen-bond donors (Lipinski definition) is 2. The normalized spacial score (nSPS) is 12.6. The molecule has 0 saturated heterocycles. The van der Waals surface area contributed by atoms with E-state index in [9.17, 15) is 0 Å². The van der Waals surface area contributed by atoms with Crippen molar-refractivity contribution in [2.75, 3.05) is 13.2 Å². The average molecular weight is 146 g/mol. The summed E-state index contributed by atoms with van der Waals surface area (Å²) in [5.74, 6) is 0.0556. The summed E-state index contributed by atoms with van der Waals surface area (Å²) in [5.41, 5.74) is 0.204. The molecule has 0 radical (unpaired) electrons. The van der Waals surface area contributed by atoms with Gasteiger partial charge in [0.2, 0.25) is 0 Å². The maximum Gasteiger partial charge on any atom is 0.0481 e. The monoisotopic (exact) mass is 146 g/mol. The fraction of sp³-hybridized carbons (Fsp3) is 1.00. The van der Waals surface area contributed by atoms with Crippen LogP contribution in [0.4, 0.5) is 0 Å². The molecule has 0 bridgehead atoms. The molecule has 0 saturated carbocycles. The molecule has 0 atom stereocenters. The van der Waals surface area contributed by atoms with Gasteiger partial charge in [-0.2, -0.15) is 0 Å². The number of aliphatic hydroxyl groups is 2. The van der Waals surface area contributed by atoms with Gasteiger partial charge in [0.25, 0.3) is 0 Å². The highest BCUT2D eigenvalue weighted by atomic mass is 16.3. The van der Waals surface area contributed by atoms with Gasteiger partial charge >= 0.3 is 0 Å². The van der Waals surface area contributed by atoms with Gasteiger partial charge in [-0.05, 0) is 11.8 Å². The van der Waals surface area contributed by atoms with Crippen LogP contribution < -0.4 is 0 Å². The Kier molecular flexibility index (Phi) is 3.91. The van der Waals surface area contributed by atoms with Gasteiger partial charge in [-0.15, -0.1) is 0 Å². The molecule has 62 valence electrons. The average Bonchev–Trinajstić information content (AvgIpc) is 1.81. The molecule has 0 heterocycles. The van der Waals surface area contributed by atoms with Crippen LogP contribution in [0.1, 0.15) is 27.2 Å². The molecule has 0 aromatic carbocycles. The fourth-order valence-electron chi connectivity index (χ4n) is 1.05. The van der Waals surface area contributed by atoms with Crippen LogP contribution in [0, 0.1) is 11.3 Å². The molecule has 0 rings (SSSR count). The van der Waals surface area contributed by atoms with Crippen LogP contribution in [-0.2, 0) is 0 Å². The Morgan fingerprint density at radius 2 is 1.50 bits per heavy atom. The second-order valence-corrected chi connectivity index (χ2v) is 4.00. The summed E-state index contributed by atoms with van der Waals surface area (Å²) in [6, 6.07) is 0. The van der Waals surface area contributed by atoms with Gasteiger partial charge in [0.15, 0.2) is 0 Å². The molecule has 0 aliphatic carbocycles. The van der Waals surface area contributed by atoms with Crippen molar-refractivity contribution < 1.29 is 10.2 Å². The van der Waals surface area contributed by atoms with E-state index in [-0.39, 0.29) is 24.5 Å². The summed E-state index contributed by atoms with van der Waals surface area (Å²) in [7, 11) is 0. The van der Waals surface area contributed by atoms with Crippen molar-refractivity contribution in [2.24, 2.45) is 11.3 Å². The van der Waals surface area contributed by atoms with Crippen molar-refractivity contribution in [3.8, 4) is 0 Å². The Balaban J connectivity index is 3.63. The van der Waals surface area contributed by atoms with Crippen molar-refractivity contribution in [1.82, 2.24) is 0 Å². The quantitative estimate of drug-likeness (QED) is 0.624. The molecule has 10 heavy (non-hydrogen) atoms. The summed E-state index contributed by atoms with van der Waals surface area (Å²) in [5, 5.41) is 17.5. The van der Waals surface area contributed by atoms with Gasteiger partial charge in [0, 0.05) is 19.1 Å². The Bertz CT molecular complexity index is 79.7. The zero-order chi connectivity index (χ0) is 8.20. The number of aliphatic hydroxyl groups excluding tert-OH is 2. The van der Waals surface area contributed by atoms with E-state index in [1.807, 2.05) is 0 Å². The van der Waals surface area contributed by atoms with E-state index < -0.39 is 0 Å². The molecule has 0 aliphatic heterocycles. The van der Waals surface area contributed by atoms with Crippen molar-refractivity contribution >= 4 is 0 Å². The largest absolute Gasteiger partial charge is 0.396 e. The lowest BCUT2D eigenvalue weighted by Crippen LogP contribution is -2.19. The minimum Gasteiger partial charge on any atom is -0.396 e. The van der Waals surface area contributed by atoms with Crippen LogP contribution in [0.5, 0.6) is 0 Å². The van der Waals surface area contributed by atoms with E-state index in [1.54, 1.807) is 0 Å². The Morgan fingerprint density at radius 3 is 1.60 bits per heavy atom. The van der Waals surface area contributed by atoms with Crippen LogP contribution in [0.2, 0.25) is 0 Å². The standard InChI is InChI=1S/C8H18O2/c1-8(2,3)4-7(5-9)6-10/h7,9-10H,4-6H2,1-3H3. The predicted octanol–water partition coefficient (Wildman–Crippen LogP) is 1.02. The first-order valence-electron chi connectivity index (χ1n) is 3.71. The molecule has 0 fully saturated rings. The van der Waals surface area contributed by atoms with E-state index >= 15 is 0 Å². The Hall–Kier alpha value is -0.0800. The zero-order valence-corrected chi connectivity index (χ0v) is 7.09. The maximum absolute atomic E-state index is 8.73. The lowest BCUT2D eigenvalue weighted by molar-refractivity contribution is 0.115. The van der Waals surface area contributed by atoms with Crippen molar-refractivity contribution in [2.45, 2.75) is 27.2 Å². The van der Waals surface area contributed by atoms with Gasteiger partial charge in [0.05, 0.1) is 0 Å². The summed E-state index contributed by atoms with van der Waals surface area (Å²) < 4.78 is 0. The second kappa shape index (κ2) is 3.94. The topological polar surface area (TPSA) is 40.5 Å². The second-order valence-electron chi connectivity index (χ2n) is 4.00. The molecule has 0 spiro atoms. The van der Waals surface area contributed by atoms with Crippen molar-refractivity contribution in [3.63, 3.8) is 0 Å². The highest BCUT2D eigenvalue weighted by Crippen LogP contribution is 2.23. The third-order valence-corrected chi connectivity index (χ3v) is 1.42. The molecule has 0 aliphatic rings. The first kappa shape index (κ1) is 9.92. The Morgan fingerprint density at radius 1 is 1.10 bits per heavy atom. The molecule has 2 nitrogen and oxygen atoms in total. The molecular weight excluding hydrogens is 128 g/mol. The summed E-state index contributed by atoms with van der Waals surface area (Å²) in [4.78, 5) is 0. The minimum absolute atomic E-state index is 0.0556. The molecule has 0 aromatic heterocycles. The third kappa shape index (κ3) is 4.77. The van der Waals surface area contributed by atoms with Crippen LogP contribution in [0.15, 0.2) is 0 Å². The first-order valence-corrected chi connectivity index (χ1v) is 3.71. The fourth-order valence-corrected chi connectivity index (χ4v) is 1.05. The smallest absolute Gasteiger partial charge is 0.0481 e. The maximum atomic E-state index is 8.73. The molecule has 2 N–H and O–H groups in total. The highest BCUT2D eigenvalue weighted by molar-refractivity contribution is 4.67. The predicted molar refractivity (Wildman–Crippen MR) is 41.7 cm³/mol. The molecule has 0 amide bonds. The van der Waals surface area contributed by atoms with Crippen LogP contribution in [0.3, 0.4) is 0 Å². The van der Waals surface area contributed by atoms with Crippen LogP contribution in [0.25, 0.3) is 0 Å². The Labute approximate surface area is 62.9 Å². The first-order chi connectivity index (χ1) is 4.49. The van der Waals surface area contributed by atoms with E-state index in [1.165, 1.54) is 0 Å². The highest BCUT2D eigenvalue weighted by Gasteiger charge is 2.16.